The summed E-state index contributed by atoms with van der Waals surface area (Å²) in [6, 6.07) is 2.23. The van der Waals surface area contributed by atoms with Crippen LogP contribution in [0.1, 0.15) is 23.3 Å². The number of aliphatic hydroxyl groups is 1. The second-order valence-electron chi connectivity index (χ2n) is 4.20. The van der Waals surface area contributed by atoms with Crippen molar-refractivity contribution >= 4 is 27.3 Å². The van der Waals surface area contributed by atoms with Crippen LogP contribution in [-0.4, -0.2) is 29.2 Å². The van der Waals surface area contributed by atoms with E-state index < -0.39 is 0 Å². The summed E-state index contributed by atoms with van der Waals surface area (Å²) < 4.78 is 1.23. The van der Waals surface area contributed by atoms with Gasteiger partial charge in [0.1, 0.15) is 0 Å². The molecule has 1 fully saturated rings. The number of hydrogen-bond acceptors (Lipinski definition) is 3. The van der Waals surface area contributed by atoms with E-state index in [4.69, 9.17) is 0 Å². The molecule has 0 radical (unpaired) electrons. The van der Waals surface area contributed by atoms with Crippen LogP contribution in [0.4, 0.5) is 0 Å². The predicted octanol–water partition coefficient (Wildman–Crippen LogP) is 2.78. The van der Waals surface area contributed by atoms with Crippen molar-refractivity contribution in [2.24, 2.45) is 0 Å². The second-order valence-corrected chi connectivity index (χ2v) is 6.66. The topological polar surface area (TPSA) is 23.5 Å². The van der Waals surface area contributed by atoms with E-state index in [-0.39, 0.29) is 6.10 Å². The molecular formula is C11H16BrNOS. The van der Waals surface area contributed by atoms with Crippen LogP contribution in [-0.2, 0) is 6.54 Å². The van der Waals surface area contributed by atoms with E-state index in [9.17, 15) is 5.11 Å². The van der Waals surface area contributed by atoms with Crippen LogP contribution in [0.25, 0.3) is 0 Å². The van der Waals surface area contributed by atoms with Gasteiger partial charge in [-0.3, -0.25) is 4.90 Å². The highest BCUT2D eigenvalue weighted by Gasteiger charge is 2.18. The van der Waals surface area contributed by atoms with Crippen molar-refractivity contribution in [1.82, 2.24) is 4.90 Å². The molecule has 2 nitrogen and oxygen atoms in total. The van der Waals surface area contributed by atoms with E-state index in [1.807, 2.05) is 0 Å². The number of piperidine rings is 1. The molecule has 4 heteroatoms. The van der Waals surface area contributed by atoms with Crippen molar-refractivity contribution in [1.29, 1.82) is 0 Å². The molecule has 1 aliphatic rings. The molecule has 84 valence electrons. The number of rotatable bonds is 2. The van der Waals surface area contributed by atoms with Crippen molar-refractivity contribution in [2.75, 3.05) is 13.1 Å². The molecule has 0 amide bonds. The molecule has 0 saturated carbocycles. The Hall–Kier alpha value is 0.100. The summed E-state index contributed by atoms with van der Waals surface area (Å²) >= 11 is 5.35. The molecule has 2 heterocycles. The van der Waals surface area contributed by atoms with Gasteiger partial charge >= 0.3 is 0 Å². The van der Waals surface area contributed by atoms with E-state index in [0.29, 0.717) is 0 Å². The van der Waals surface area contributed by atoms with Crippen LogP contribution >= 0.6 is 27.3 Å². The number of halogens is 1. The molecule has 0 aromatic carbocycles. The van der Waals surface area contributed by atoms with Gasteiger partial charge in [-0.1, -0.05) is 0 Å². The molecule has 1 unspecified atom stereocenters. The Morgan fingerprint density at radius 3 is 3.07 bits per heavy atom. The fourth-order valence-electron chi connectivity index (χ4n) is 2.00. The standard InChI is InChI=1S/C11H16BrNOS/c1-8-5-10(15-11(8)12)7-13-4-2-3-9(14)6-13/h5,9,14H,2-4,6-7H2,1H3. The van der Waals surface area contributed by atoms with E-state index in [2.05, 4.69) is 33.8 Å². The Balaban J connectivity index is 1.96. The Kier molecular flexibility index (Phi) is 3.83. The number of likely N-dealkylation sites (tertiary alicyclic amines) is 1. The molecular weight excluding hydrogens is 274 g/mol. The number of aliphatic hydroxyl groups excluding tert-OH is 1. The summed E-state index contributed by atoms with van der Waals surface area (Å²) in [6.45, 7) is 5.05. The van der Waals surface area contributed by atoms with Gasteiger partial charge in [0, 0.05) is 18.0 Å². The van der Waals surface area contributed by atoms with Gasteiger partial charge in [-0.25, -0.2) is 0 Å². The summed E-state index contributed by atoms with van der Waals surface area (Å²) in [5.41, 5.74) is 1.31. The normalized spacial score (nSPS) is 23.3. The van der Waals surface area contributed by atoms with Crippen LogP contribution in [0.5, 0.6) is 0 Å². The predicted molar refractivity (Wildman–Crippen MR) is 67.3 cm³/mol. The third-order valence-electron chi connectivity index (χ3n) is 2.77. The van der Waals surface area contributed by atoms with Crippen LogP contribution in [0.2, 0.25) is 0 Å². The highest BCUT2D eigenvalue weighted by molar-refractivity contribution is 9.11. The minimum absolute atomic E-state index is 0.122. The molecule has 0 bridgehead atoms. The van der Waals surface area contributed by atoms with Gasteiger partial charge in [0.25, 0.3) is 0 Å². The molecule has 1 N–H and O–H groups in total. The fourth-order valence-corrected chi connectivity index (χ4v) is 3.67. The third-order valence-corrected chi connectivity index (χ3v) is 4.89. The lowest BCUT2D eigenvalue weighted by molar-refractivity contribution is 0.0673. The second kappa shape index (κ2) is 4.95. The Morgan fingerprint density at radius 1 is 1.67 bits per heavy atom. The minimum atomic E-state index is -0.122. The maximum Gasteiger partial charge on any atom is 0.0730 e. The Morgan fingerprint density at radius 2 is 2.47 bits per heavy atom. The molecule has 1 aromatic rings. The highest BCUT2D eigenvalue weighted by atomic mass is 79.9. The fraction of sp³-hybridized carbons (Fsp3) is 0.636. The summed E-state index contributed by atoms with van der Waals surface area (Å²) in [5.74, 6) is 0. The van der Waals surface area contributed by atoms with Crippen molar-refractivity contribution in [3.05, 3.63) is 20.3 Å². The molecule has 2 rings (SSSR count). The average Bonchev–Trinajstić information content (AvgIpc) is 2.45. The zero-order valence-electron chi connectivity index (χ0n) is 8.87. The average molecular weight is 290 g/mol. The third kappa shape index (κ3) is 3.03. The number of nitrogens with zero attached hydrogens (tertiary/aromatic N) is 1. The first kappa shape index (κ1) is 11.6. The van der Waals surface area contributed by atoms with E-state index in [0.717, 1.165) is 32.5 Å². The highest BCUT2D eigenvalue weighted by Crippen LogP contribution is 2.28. The molecule has 1 aromatic heterocycles. The maximum atomic E-state index is 9.57. The molecule has 15 heavy (non-hydrogen) atoms. The first-order valence-electron chi connectivity index (χ1n) is 5.30. The quantitative estimate of drug-likeness (QED) is 0.905. The van der Waals surface area contributed by atoms with Gasteiger partial charge in [-0.05, 0) is 53.9 Å². The number of aryl methyl sites for hydroxylation is 1. The smallest absolute Gasteiger partial charge is 0.0730 e. The van der Waals surface area contributed by atoms with Gasteiger partial charge in [0.15, 0.2) is 0 Å². The number of β-amino-alcohol motifs (C(OH)–C–C–N with tert-alkyl or cyclic N) is 1. The lowest BCUT2D eigenvalue weighted by atomic mass is 10.1. The summed E-state index contributed by atoms with van der Waals surface area (Å²) in [5, 5.41) is 9.57. The zero-order valence-corrected chi connectivity index (χ0v) is 11.3. The van der Waals surface area contributed by atoms with E-state index in [1.165, 1.54) is 14.2 Å². The first-order chi connectivity index (χ1) is 7.15. The molecule has 0 spiro atoms. The number of thiophene rings is 1. The summed E-state index contributed by atoms with van der Waals surface area (Å²) in [7, 11) is 0. The Labute approximate surface area is 103 Å². The molecule has 1 saturated heterocycles. The number of hydrogen-bond donors (Lipinski definition) is 1. The van der Waals surface area contributed by atoms with Gasteiger partial charge in [-0.2, -0.15) is 0 Å². The monoisotopic (exact) mass is 289 g/mol. The van der Waals surface area contributed by atoms with Crippen molar-refractivity contribution < 1.29 is 5.11 Å². The molecule has 1 aliphatic heterocycles. The van der Waals surface area contributed by atoms with Gasteiger partial charge < -0.3 is 5.11 Å². The lowest BCUT2D eigenvalue weighted by Crippen LogP contribution is -2.37. The SMILES string of the molecule is Cc1cc(CN2CCCC(O)C2)sc1Br. The van der Waals surface area contributed by atoms with Crippen molar-refractivity contribution in [3.63, 3.8) is 0 Å². The minimum Gasteiger partial charge on any atom is -0.392 e. The largest absolute Gasteiger partial charge is 0.392 e. The van der Waals surface area contributed by atoms with Gasteiger partial charge in [-0.15, -0.1) is 11.3 Å². The van der Waals surface area contributed by atoms with Gasteiger partial charge in [0.2, 0.25) is 0 Å². The van der Waals surface area contributed by atoms with Crippen LogP contribution < -0.4 is 0 Å². The van der Waals surface area contributed by atoms with Crippen LogP contribution in [0, 0.1) is 6.92 Å². The first-order valence-corrected chi connectivity index (χ1v) is 6.91. The van der Waals surface area contributed by atoms with E-state index in [1.54, 1.807) is 11.3 Å². The Bertz CT molecular complexity index is 320. The zero-order chi connectivity index (χ0) is 10.8. The van der Waals surface area contributed by atoms with Crippen LogP contribution in [0.3, 0.4) is 0 Å². The lowest BCUT2D eigenvalue weighted by Gasteiger charge is -2.29. The van der Waals surface area contributed by atoms with Gasteiger partial charge in [0.05, 0.1) is 9.89 Å². The molecule has 1 atom stereocenters. The summed E-state index contributed by atoms with van der Waals surface area (Å²) in [6.07, 6.45) is 1.96. The molecule has 0 aliphatic carbocycles. The van der Waals surface area contributed by atoms with E-state index >= 15 is 0 Å². The van der Waals surface area contributed by atoms with Crippen molar-refractivity contribution in [2.45, 2.75) is 32.4 Å². The summed E-state index contributed by atoms with van der Waals surface area (Å²) in [4.78, 5) is 3.72. The van der Waals surface area contributed by atoms with Crippen LogP contribution in [0.15, 0.2) is 9.85 Å². The maximum absolute atomic E-state index is 9.57. The van der Waals surface area contributed by atoms with Crippen molar-refractivity contribution in [3.8, 4) is 0 Å².